The Morgan fingerprint density at radius 1 is 1.23 bits per heavy atom. The largest absolute Gasteiger partial charge is 0.502 e. The third kappa shape index (κ3) is 6.30. The number of benzene rings is 1. The van der Waals surface area contributed by atoms with Crippen LogP contribution in [0.25, 0.3) is 0 Å². The van der Waals surface area contributed by atoms with E-state index in [1.54, 1.807) is 20.8 Å². The molecule has 0 radical (unpaired) electrons. The van der Waals surface area contributed by atoms with Gasteiger partial charge in [0.2, 0.25) is 0 Å². The van der Waals surface area contributed by atoms with Crippen molar-refractivity contribution in [2.75, 3.05) is 7.11 Å². The maximum atomic E-state index is 12.8. The SMILES string of the molecule is COC(=O)C(Cc1ccc(S(=O)(=O)C(F)(F)F)c([N+](=O)[O-])c1)NC(=O)OC(C)(C)C. The summed E-state index contributed by atoms with van der Waals surface area (Å²) in [7, 11) is -4.97. The number of nitro groups is 1. The van der Waals surface area contributed by atoms with E-state index >= 15 is 0 Å². The van der Waals surface area contributed by atoms with Gasteiger partial charge >= 0.3 is 17.6 Å². The normalized spacial score (nSPS) is 13.3. The van der Waals surface area contributed by atoms with Gasteiger partial charge in [-0.15, -0.1) is 0 Å². The second-order valence-electron chi connectivity index (χ2n) is 6.93. The quantitative estimate of drug-likeness (QED) is 0.391. The van der Waals surface area contributed by atoms with E-state index in [0.717, 1.165) is 13.2 Å². The molecule has 1 unspecified atom stereocenters. The maximum absolute atomic E-state index is 12.8. The molecule has 0 saturated carbocycles. The lowest BCUT2D eigenvalue weighted by atomic mass is 10.1. The average molecular weight is 456 g/mol. The number of alkyl halides is 3. The summed E-state index contributed by atoms with van der Waals surface area (Å²) in [4.78, 5) is 32.1. The van der Waals surface area contributed by atoms with Gasteiger partial charge < -0.3 is 14.8 Å². The molecule has 1 N–H and O–H groups in total. The molecule has 1 amide bonds. The van der Waals surface area contributed by atoms with Crippen molar-refractivity contribution in [1.29, 1.82) is 0 Å². The number of ether oxygens (including phenoxy) is 2. The Balaban J connectivity index is 3.29. The zero-order valence-corrected chi connectivity index (χ0v) is 17.1. The molecule has 0 spiro atoms. The first kappa shape index (κ1) is 25.1. The van der Waals surface area contributed by atoms with Crippen LogP contribution >= 0.6 is 0 Å². The van der Waals surface area contributed by atoms with Crippen LogP contribution in [0.3, 0.4) is 0 Å². The lowest BCUT2D eigenvalue weighted by molar-refractivity contribution is -0.388. The summed E-state index contributed by atoms with van der Waals surface area (Å²) in [5, 5.41) is 13.3. The summed E-state index contributed by atoms with van der Waals surface area (Å²) in [6, 6.07) is 0.441. The van der Waals surface area contributed by atoms with Gasteiger partial charge in [0.25, 0.3) is 15.5 Å². The molecule has 1 rings (SSSR count). The molecule has 0 aromatic heterocycles. The van der Waals surface area contributed by atoms with Crippen molar-refractivity contribution in [3.8, 4) is 0 Å². The van der Waals surface area contributed by atoms with Crippen molar-refractivity contribution in [2.24, 2.45) is 0 Å². The summed E-state index contributed by atoms with van der Waals surface area (Å²) >= 11 is 0. The number of nitrogens with one attached hydrogen (secondary N) is 1. The van der Waals surface area contributed by atoms with Crippen LogP contribution in [0.4, 0.5) is 23.7 Å². The monoisotopic (exact) mass is 456 g/mol. The molecule has 0 heterocycles. The van der Waals surface area contributed by atoms with Crippen LogP contribution in [0, 0.1) is 10.1 Å². The van der Waals surface area contributed by atoms with Gasteiger partial charge in [-0.05, 0) is 32.4 Å². The van der Waals surface area contributed by atoms with E-state index in [4.69, 9.17) is 4.74 Å². The van der Waals surface area contributed by atoms with Crippen molar-refractivity contribution < 1.29 is 45.6 Å². The number of hydrogen-bond donors (Lipinski definition) is 1. The van der Waals surface area contributed by atoms with Crippen LogP contribution in [-0.2, 0) is 30.5 Å². The second-order valence-corrected chi connectivity index (χ2v) is 8.84. The Morgan fingerprint density at radius 3 is 2.23 bits per heavy atom. The van der Waals surface area contributed by atoms with Gasteiger partial charge in [-0.25, -0.2) is 18.0 Å². The summed E-state index contributed by atoms with van der Waals surface area (Å²) in [6.45, 7) is 4.68. The van der Waals surface area contributed by atoms with Gasteiger partial charge in [-0.1, -0.05) is 6.07 Å². The zero-order chi connectivity index (χ0) is 23.5. The van der Waals surface area contributed by atoms with E-state index in [1.165, 1.54) is 0 Å². The maximum Gasteiger partial charge on any atom is 0.502 e. The molecule has 0 saturated heterocycles. The minimum atomic E-state index is -5.98. The number of alkyl carbamates (subject to hydrolysis) is 1. The van der Waals surface area contributed by atoms with E-state index in [-0.39, 0.29) is 5.56 Å². The summed E-state index contributed by atoms with van der Waals surface area (Å²) in [5.41, 5.74) is -8.08. The standard InChI is InChI=1S/C16H19F3N2O8S/c1-15(2,3)29-14(23)20-10(13(22)28-4)7-9-5-6-12(11(8-9)21(24)25)30(26,27)16(17,18)19/h5-6,8,10H,7H2,1-4H3,(H,20,23). The highest BCUT2D eigenvalue weighted by atomic mass is 32.2. The molecule has 0 bridgehead atoms. The number of carbonyl (C=O) groups is 2. The van der Waals surface area contributed by atoms with Crippen LogP contribution in [-0.4, -0.2) is 49.7 Å². The zero-order valence-electron chi connectivity index (χ0n) is 16.3. The van der Waals surface area contributed by atoms with Crippen LogP contribution in [0.2, 0.25) is 0 Å². The van der Waals surface area contributed by atoms with Crippen molar-refractivity contribution in [3.05, 3.63) is 33.9 Å². The molecular formula is C16H19F3N2O8S. The van der Waals surface area contributed by atoms with E-state index in [9.17, 15) is 41.3 Å². The number of sulfone groups is 1. The van der Waals surface area contributed by atoms with Gasteiger partial charge in [0, 0.05) is 12.5 Å². The Labute approximate surface area is 169 Å². The lowest BCUT2D eigenvalue weighted by Gasteiger charge is -2.22. The summed E-state index contributed by atoms with van der Waals surface area (Å²) in [6.07, 6.45) is -1.46. The third-order valence-electron chi connectivity index (χ3n) is 3.43. The smallest absolute Gasteiger partial charge is 0.467 e. The predicted molar refractivity (Wildman–Crippen MR) is 95.2 cm³/mol. The molecule has 0 aliphatic rings. The average Bonchev–Trinajstić information content (AvgIpc) is 2.57. The number of rotatable bonds is 6. The Kier molecular flexibility index (Phi) is 7.42. The molecule has 0 fully saturated rings. The van der Waals surface area contributed by atoms with Gasteiger partial charge in [-0.3, -0.25) is 10.1 Å². The number of hydrogen-bond acceptors (Lipinski definition) is 8. The Hall–Kier alpha value is -2.90. The lowest BCUT2D eigenvalue weighted by Crippen LogP contribution is -2.45. The van der Waals surface area contributed by atoms with Crippen LogP contribution in [0.15, 0.2) is 23.1 Å². The van der Waals surface area contributed by atoms with Gasteiger partial charge in [0.15, 0.2) is 4.90 Å². The first-order valence-corrected chi connectivity index (χ1v) is 9.64. The topological polar surface area (TPSA) is 142 Å². The number of methoxy groups -OCH3 is 1. The predicted octanol–water partition coefficient (Wildman–Crippen LogP) is 2.50. The number of nitro benzene ring substituents is 1. The molecule has 0 aliphatic carbocycles. The molecular weight excluding hydrogens is 437 g/mol. The molecule has 30 heavy (non-hydrogen) atoms. The summed E-state index contributed by atoms with van der Waals surface area (Å²) in [5.74, 6) is -0.962. The highest BCUT2D eigenvalue weighted by Crippen LogP contribution is 2.36. The van der Waals surface area contributed by atoms with Crippen LogP contribution in [0.1, 0.15) is 26.3 Å². The number of nitrogens with zero attached hydrogens (tertiary/aromatic N) is 1. The van der Waals surface area contributed by atoms with E-state index in [1.807, 2.05) is 0 Å². The molecule has 14 heteroatoms. The van der Waals surface area contributed by atoms with Crippen molar-refractivity contribution in [3.63, 3.8) is 0 Å². The fraction of sp³-hybridized carbons (Fsp3) is 0.500. The fourth-order valence-corrected chi connectivity index (χ4v) is 3.11. The Bertz CT molecular complexity index is 939. The molecule has 168 valence electrons. The first-order valence-electron chi connectivity index (χ1n) is 8.15. The highest BCUT2D eigenvalue weighted by Gasteiger charge is 2.50. The van der Waals surface area contributed by atoms with Gasteiger partial charge in [0.1, 0.15) is 11.6 Å². The molecule has 1 aromatic carbocycles. The van der Waals surface area contributed by atoms with E-state index in [0.29, 0.717) is 12.1 Å². The summed E-state index contributed by atoms with van der Waals surface area (Å²) < 4.78 is 71.0. The van der Waals surface area contributed by atoms with Gasteiger partial charge in [0.05, 0.1) is 12.0 Å². The first-order chi connectivity index (χ1) is 13.5. The second kappa shape index (κ2) is 8.85. The van der Waals surface area contributed by atoms with Crippen LogP contribution in [0.5, 0.6) is 0 Å². The Morgan fingerprint density at radius 2 is 1.80 bits per heavy atom. The minimum absolute atomic E-state index is 0.103. The number of esters is 1. The molecule has 0 aliphatic heterocycles. The minimum Gasteiger partial charge on any atom is -0.467 e. The van der Waals surface area contributed by atoms with E-state index in [2.05, 4.69) is 10.1 Å². The van der Waals surface area contributed by atoms with E-state index < -0.39 is 61.0 Å². The fourth-order valence-electron chi connectivity index (χ4n) is 2.21. The number of amides is 1. The number of carbonyl (C=O) groups excluding carboxylic acids is 2. The third-order valence-corrected chi connectivity index (χ3v) is 4.96. The van der Waals surface area contributed by atoms with Crippen LogP contribution < -0.4 is 5.32 Å². The van der Waals surface area contributed by atoms with Gasteiger partial charge in [-0.2, -0.15) is 13.2 Å². The van der Waals surface area contributed by atoms with Crippen molar-refractivity contribution >= 4 is 27.6 Å². The molecule has 1 atom stereocenters. The highest BCUT2D eigenvalue weighted by molar-refractivity contribution is 7.92. The molecule has 1 aromatic rings. The van der Waals surface area contributed by atoms with Crippen molar-refractivity contribution in [1.82, 2.24) is 5.32 Å². The van der Waals surface area contributed by atoms with Crippen molar-refractivity contribution in [2.45, 2.75) is 49.2 Å². The number of halogens is 3. The molecule has 10 nitrogen and oxygen atoms in total.